The molecule has 5 heteroatoms. The van der Waals surface area contributed by atoms with Crippen molar-refractivity contribution in [1.82, 2.24) is 4.90 Å². The molecule has 134 valence electrons. The van der Waals surface area contributed by atoms with Crippen molar-refractivity contribution in [3.8, 4) is 0 Å². The van der Waals surface area contributed by atoms with Gasteiger partial charge in [-0.1, -0.05) is 31.0 Å². The molecule has 0 radical (unpaired) electrons. The van der Waals surface area contributed by atoms with Gasteiger partial charge < -0.3 is 15.4 Å². The first-order valence-electron chi connectivity index (χ1n) is 8.98. The molecule has 0 bridgehead atoms. The minimum absolute atomic E-state index is 0. The second-order valence-corrected chi connectivity index (χ2v) is 6.82. The van der Waals surface area contributed by atoms with Gasteiger partial charge in [-0.3, -0.25) is 4.79 Å². The number of rotatable bonds is 6. The SMILES string of the molecule is Cl.Nc1ccccc1CCC(=O)N(CC1CCCO1)C1CCCC1. The molecule has 1 aliphatic heterocycles. The summed E-state index contributed by atoms with van der Waals surface area (Å²) in [4.78, 5) is 14.9. The minimum Gasteiger partial charge on any atom is -0.399 e. The normalized spacial score (nSPS) is 20.8. The molecular weight excluding hydrogens is 324 g/mol. The monoisotopic (exact) mass is 352 g/mol. The summed E-state index contributed by atoms with van der Waals surface area (Å²) in [5.74, 6) is 0.260. The van der Waals surface area contributed by atoms with Crippen molar-refractivity contribution in [1.29, 1.82) is 0 Å². The molecule has 1 saturated carbocycles. The van der Waals surface area contributed by atoms with Crippen LogP contribution in [0.3, 0.4) is 0 Å². The van der Waals surface area contributed by atoms with Crippen LogP contribution in [0.25, 0.3) is 0 Å². The van der Waals surface area contributed by atoms with Crippen molar-refractivity contribution in [2.45, 2.75) is 63.5 Å². The second kappa shape index (κ2) is 9.28. The van der Waals surface area contributed by atoms with Gasteiger partial charge in [0, 0.05) is 31.3 Å². The summed E-state index contributed by atoms with van der Waals surface area (Å²) < 4.78 is 5.76. The number of amides is 1. The number of para-hydroxylation sites is 1. The first-order valence-corrected chi connectivity index (χ1v) is 8.98. The Morgan fingerprint density at radius 3 is 2.58 bits per heavy atom. The minimum atomic E-state index is 0. The number of nitrogens with zero attached hydrogens (tertiary/aromatic N) is 1. The highest BCUT2D eigenvalue weighted by molar-refractivity contribution is 5.85. The Morgan fingerprint density at radius 1 is 1.17 bits per heavy atom. The number of hydrogen-bond donors (Lipinski definition) is 1. The number of hydrogen-bond acceptors (Lipinski definition) is 3. The topological polar surface area (TPSA) is 55.6 Å². The smallest absolute Gasteiger partial charge is 0.223 e. The first kappa shape index (κ1) is 19.1. The fraction of sp³-hybridized carbons (Fsp3) is 0.632. The van der Waals surface area contributed by atoms with Crippen LogP contribution in [0.4, 0.5) is 5.69 Å². The molecule has 1 heterocycles. The zero-order valence-corrected chi connectivity index (χ0v) is 15.1. The molecule has 1 atom stereocenters. The highest BCUT2D eigenvalue weighted by Gasteiger charge is 2.29. The Hall–Kier alpha value is -1.26. The van der Waals surface area contributed by atoms with E-state index in [0.29, 0.717) is 12.5 Å². The number of anilines is 1. The van der Waals surface area contributed by atoms with E-state index < -0.39 is 0 Å². The van der Waals surface area contributed by atoms with Crippen LogP contribution >= 0.6 is 12.4 Å². The van der Waals surface area contributed by atoms with Gasteiger partial charge in [-0.15, -0.1) is 12.4 Å². The van der Waals surface area contributed by atoms with E-state index in [1.54, 1.807) is 0 Å². The van der Waals surface area contributed by atoms with Gasteiger partial charge in [0.2, 0.25) is 5.91 Å². The van der Waals surface area contributed by atoms with Crippen molar-refractivity contribution in [2.75, 3.05) is 18.9 Å². The molecule has 1 unspecified atom stereocenters. The molecule has 1 aromatic carbocycles. The molecule has 1 aliphatic carbocycles. The second-order valence-electron chi connectivity index (χ2n) is 6.82. The molecule has 0 spiro atoms. The van der Waals surface area contributed by atoms with Gasteiger partial charge in [0.1, 0.15) is 0 Å². The van der Waals surface area contributed by atoms with E-state index in [1.165, 1.54) is 12.8 Å². The first-order chi connectivity index (χ1) is 11.2. The van der Waals surface area contributed by atoms with Gasteiger partial charge in [-0.2, -0.15) is 0 Å². The highest BCUT2D eigenvalue weighted by Crippen LogP contribution is 2.26. The van der Waals surface area contributed by atoms with Crippen LogP contribution in [-0.4, -0.2) is 36.1 Å². The van der Waals surface area contributed by atoms with Gasteiger partial charge >= 0.3 is 0 Å². The third kappa shape index (κ3) is 4.87. The average Bonchev–Trinajstić information content (AvgIpc) is 3.25. The third-order valence-electron chi connectivity index (χ3n) is 5.17. The lowest BCUT2D eigenvalue weighted by molar-refractivity contribution is -0.135. The summed E-state index contributed by atoms with van der Waals surface area (Å²) in [6.07, 6.45) is 8.48. The molecule has 1 saturated heterocycles. The van der Waals surface area contributed by atoms with E-state index >= 15 is 0 Å². The van der Waals surface area contributed by atoms with E-state index in [1.807, 2.05) is 24.3 Å². The largest absolute Gasteiger partial charge is 0.399 e. The summed E-state index contributed by atoms with van der Waals surface area (Å²) in [5.41, 5.74) is 7.85. The predicted octanol–water partition coefficient (Wildman–Crippen LogP) is 3.57. The van der Waals surface area contributed by atoms with Gasteiger partial charge in [0.25, 0.3) is 0 Å². The number of aryl methyl sites for hydroxylation is 1. The van der Waals surface area contributed by atoms with Crippen LogP contribution in [0, 0.1) is 0 Å². The average molecular weight is 353 g/mol. The third-order valence-corrected chi connectivity index (χ3v) is 5.17. The lowest BCUT2D eigenvalue weighted by Gasteiger charge is -2.31. The number of benzene rings is 1. The van der Waals surface area contributed by atoms with Gasteiger partial charge in [0.15, 0.2) is 0 Å². The molecule has 2 fully saturated rings. The Bertz CT molecular complexity index is 526. The Balaban J connectivity index is 0.00000208. The highest BCUT2D eigenvalue weighted by atomic mass is 35.5. The molecule has 2 N–H and O–H groups in total. The van der Waals surface area contributed by atoms with E-state index in [2.05, 4.69) is 4.90 Å². The van der Waals surface area contributed by atoms with Gasteiger partial charge in [0.05, 0.1) is 6.10 Å². The van der Waals surface area contributed by atoms with Crippen LogP contribution < -0.4 is 5.73 Å². The van der Waals surface area contributed by atoms with Crippen molar-refractivity contribution < 1.29 is 9.53 Å². The fourth-order valence-corrected chi connectivity index (χ4v) is 3.83. The van der Waals surface area contributed by atoms with E-state index in [9.17, 15) is 4.79 Å². The number of carbonyl (C=O) groups is 1. The molecular formula is C19H29ClN2O2. The Morgan fingerprint density at radius 2 is 1.92 bits per heavy atom. The molecule has 24 heavy (non-hydrogen) atoms. The van der Waals surface area contributed by atoms with Crippen LogP contribution in [0.2, 0.25) is 0 Å². The van der Waals surface area contributed by atoms with Crippen molar-refractivity contribution in [3.63, 3.8) is 0 Å². The summed E-state index contributed by atoms with van der Waals surface area (Å²) in [6, 6.07) is 8.25. The molecule has 1 aromatic rings. The van der Waals surface area contributed by atoms with Gasteiger partial charge in [-0.25, -0.2) is 0 Å². The number of halogens is 1. The number of nitrogen functional groups attached to an aromatic ring is 1. The predicted molar refractivity (Wildman–Crippen MR) is 99.4 cm³/mol. The number of ether oxygens (including phenoxy) is 1. The maximum Gasteiger partial charge on any atom is 0.223 e. The Labute approximate surface area is 151 Å². The van der Waals surface area contributed by atoms with Gasteiger partial charge in [-0.05, 0) is 43.7 Å². The zero-order chi connectivity index (χ0) is 16.1. The lowest BCUT2D eigenvalue weighted by Crippen LogP contribution is -2.43. The van der Waals surface area contributed by atoms with Crippen LogP contribution in [0.1, 0.15) is 50.5 Å². The summed E-state index contributed by atoms with van der Waals surface area (Å²) in [6.45, 7) is 1.62. The Kier molecular flexibility index (Phi) is 7.38. The zero-order valence-electron chi connectivity index (χ0n) is 14.3. The summed E-state index contributed by atoms with van der Waals surface area (Å²) in [5, 5.41) is 0. The fourth-order valence-electron chi connectivity index (χ4n) is 3.83. The molecule has 3 rings (SSSR count). The lowest BCUT2D eigenvalue weighted by atomic mass is 10.1. The van der Waals surface area contributed by atoms with Crippen LogP contribution in [0.15, 0.2) is 24.3 Å². The quantitative estimate of drug-likeness (QED) is 0.796. The molecule has 2 aliphatic rings. The van der Waals surface area contributed by atoms with Crippen LogP contribution in [-0.2, 0) is 16.0 Å². The van der Waals surface area contributed by atoms with E-state index in [4.69, 9.17) is 10.5 Å². The van der Waals surface area contributed by atoms with Crippen molar-refractivity contribution in [2.24, 2.45) is 0 Å². The summed E-state index contributed by atoms with van der Waals surface area (Å²) >= 11 is 0. The van der Waals surface area contributed by atoms with E-state index in [0.717, 1.165) is 56.5 Å². The molecule has 1 amide bonds. The maximum atomic E-state index is 12.8. The molecule has 0 aromatic heterocycles. The van der Waals surface area contributed by atoms with Crippen molar-refractivity contribution >= 4 is 24.0 Å². The van der Waals surface area contributed by atoms with Crippen LogP contribution in [0.5, 0.6) is 0 Å². The molecule has 4 nitrogen and oxygen atoms in total. The standard InChI is InChI=1S/C19H28N2O2.ClH/c20-18-10-4-1-6-15(18)11-12-19(22)21(16-7-2-3-8-16)14-17-9-5-13-23-17;/h1,4,6,10,16-17H,2-3,5,7-9,11-14,20H2;1H. The van der Waals surface area contributed by atoms with Crippen molar-refractivity contribution in [3.05, 3.63) is 29.8 Å². The van der Waals surface area contributed by atoms with E-state index in [-0.39, 0.29) is 24.4 Å². The summed E-state index contributed by atoms with van der Waals surface area (Å²) in [7, 11) is 0. The number of nitrogens with two attached hydrogens (primary N) is 1. The maximum absolute atomic E-state index is 12.8. The number of carbonyl (C=O) groups excluding carboxylic acids is 1.